The summed E-state index contributed by atoms with van der Waals surface area (Å²) < 4.78 is 159. The van der Waals surface area contributed by atoms with E-state index < -0.39 is 103 Å². The largest absolute Gasteiger partial charge is 0.430 e. The standard InChI is InChI=1S/C33H30F9NO5S/c1-29(45)13-15-43(16-14-29)28(44)20-17-30(18-20,49(46,47)24-11-9-23(34)10-12-24)21-5-7-22(8-6-21)31(32(37,38)39,33(40,41)42)48-19-25-26(35)3-2-4-27(25)36/h2-12,20,45H,13-19H2,1H3/t20-,30-. The molecule has 49 heavy (non-hydrogen) atoms. The van der Waals surface area contributed by atoms with Crippen LogP contribution in [-0.4, -0.2) is 55.4 Å². The number of nitrogens with zero attached hydrogens (tertiary/aromatic N) is 1. The lowest BCUT2D eigenvalue weighted by molar-refractivity contribution is -0.392. The van der Waals surface area contributed by atoms with E-state index in [2.05, 4.69) is 4.74 Å². The monoisotopic (exact) mass is 723 g/mol. The highest BCUT2D eigenvalue weighted by Gasteiger charge is 2.73. The first-order chi connectivity index (χ1) is 22.7. The molecule has 1 N–H and O–H groups in total. The van der Waals surface area contributed by atoms with E-state index in [0.29, 0.717) is 24.3 Å². The molecule has 0 bridgehead atoms. The number of sulfone groups is 1. The van der Waals surface area contributed by atoms with E-state index in [1.54, 1.807) is 6.92 Å². The molecule has 1 heterocycles. The van der Waals surface area contributed by atoms with E-state index >= 15 is 0 Å². The Labute approximate surface area is 275 Å². The van der Waals surface area contributed by atoms with Crippen LogP contribution in [0.5, 0.6) is 0 Å². The minimum Gasteiger partial charge on any atom is -0.390 e. The third-order valence-electron chi connectivity index (χ3n) is 9.40. The summed E-state index contributed by atoms with van der Waals surface area (Å²) in [5.74, 6) is -4.98. The summed E-state index contributed by atoms with van der Waals surface area (Å²) in [4.78, 5) is 14.4. The number of carbonyl (C=O) groups excluding carboxylic acids is 1. The summed E-state index contributed by atoms with van der Waals surface area (Å²) in [6, 6.07) is 7.99. The van der Waals surface area contributed by atoms with Gasteiger partial charge in [-0.15, -0.1) is 0 Å². The zero-order valence-electron chi connectivity index (χ0n) is 25.7. The van der Waals surface area contributed by atoms with Crippen LogP contribution in [0.2, 0.25) is 0 Å². The zero-order chi connectivity index (χ0) is 36.2. The molecule has 266 valence electrons. The molecule has 1 aliphatic carbocycles. The second kappa shape index (κ2) is 12.6. The van der Waals surface area contributed by atoms with Crippen LogP contribution in [0.1, 0.15) is 49.3 Å². The Morgan fingerprint density at radius 2 is 1.37 bits per heavy atom. The summed E-state index contributed by atoms with van der Waals surface area (Å²) >= 11 is 0. The smallest absolute Gasteiger partial charge is 0.390 e. The van der Waals surface area contributed by atoms with Gasteiger partial charge in [-0.3, -0.25) is 4.79 Å². The topological polar surface area (TPSA) is 83.9 Å². The predicted molar refractivity (Wildman–Crippen MR) is 156 cm³/mol. The molecule has 0 unspecified atom stereocenters. The molecular formula is C33H30F9NO5S. The van der Waals surface area contributed by atoms with E-state index in [-0.39, 0.29) is 31.5 Å². The van der Waals surface area contributed by atoms with Crippen LogP contribution in [0, 0.1) is 23.4 Å². The number of ether oxygens (including phenoxy) is 1. The number of benzene rings is 3. The third-order valence-corrected chi connectivity index (χ3v) is 11.9. The van der Waals surface area contributed by atoms with Gasteiger partial charge in [-0.2, -0.15) is 26.3 Å². The van der Waals surface area contributed by atoms with Crippen molar-refractivity contribution in [1.82, 2.24) is 4.90 Å². The van der Waals surface area contributed by atoms with Gasteiger partial charge in [0, 0.05) is 30.1 Å². The van der Waals surface area contributed by atoms with E-state index in [4.69, 9.17) is 0 Å². The Morgan fingerprint density at radius 3 is 1.86 bits per heavy atom. The molecule has 1 saturated carbocycles. The SMILES string of the molecule is CC1(O)CCN(C(=O)[C@H]2C[C@](c3ccc(C(OCc4c(F)cccc4F)(C(F)(F)F)C(F)(F)F)cc3)(S(=O)(=O)c3ccc(F)cc3)C2)CC1. The first kappa shape index (κ1) is 36.6. The van der Waals surface area contributed by atoms with Crippen LogP contribution in [0.3, 0.4) is 0 Å². The molecule has 1 amide bonds. The molecule has 2 fully saturated rings. The first-order valence-corrected chi connectivity index (χ1v) is 16.5. The fraction of sp³-hybridized carbons (Fsp3) is 0.424. The first-order valence-electron chi connectivity index (χ1n) is 15.0. The quantitative estimate of drug-likeness (QED) is 0.198. The highest BCUT2D eigenvalue weighted by Crippen LogP contribution is 2.57. The number of halogens is 9. The van der Waals surface area contributed by atoms with Crippen LogP contribution < -0.4 is 0 Å². The molecule has 16 heteroatoms. The Balaban J connectivity index is 1.55. The van der Waals surface area contributed by atoms with E-state index in [0.717, 1.165) is 42.5 Å². The molecule has 5 rings (SSSR count). The molecule has 6 nitrogen and oxygen atoms in total. The van der Waals surface area contributed by atoms with Gasteiger partial charge in [0.25, 0.3) is 5.60 Å². The number of aliphatic hydroxyl groups is 1. The van der Waals surface area contributed by atoms with Gasteiger partial charge in [0.15, 0.2) is 9.84 Å². The molecule has 2 aliphatic rings. The van der Waals surface area contributed by atoms with Gasteiger partial charge in [0.1, 0.15) is 22.2 Å². The highest BCUT2D eigenvalue weighted by molar-refractivity contribution is 7.92. The van der Waals surface area contributed by atoms with Crippen molar-refractivity contribution in [3.8, 4) is 0 Å². The molecule has 3 aromatic rings. The number of hydrogen-bond donors (Lipinski definition) is 1. The maximum absolute atomic E-state index is 14.5. The van der Waals surface area contributed by atoms with Gasteiger partial charge in [-0.25, -0.2) is 21.6 Å². The van der Waals surface area contributed by atoms with Crippen molar-refractivity contribution >= 4 is 15.7 Å². The minimum atomic E-state index is -6.22. The molecule has 3 aromatic carbocycles. The number of likely N-dealkylation sites (tertiary alicyclic amines) is 1. The second-order valence-corrected chi connectivity index (χ2v) is 14.9. The summed E-state index contributed by atoms with van der Waals surface area (Å²) in [7, 11) is -4.55. The van der Waals surface area contributed by atoms with Gasteiger partial charge in [0.2, 0.25) is 5.91 Å². The molecular weight excluding hydrogens is 693 g/mol. The minimum absolute atomic E-state index is 0.183. The van der Waals surface area contributed by atoms with Crippen molar-refractivity contribution in [2.75, 3.05) is 13.1 Å². The van der Waals surface area contributed by atoms with Crippen LogP contribution in [0.15, 0.2) is 71.6 Å². The van der Waals surface area contributed by atoms with Crippen LogP contribution in [0.4, 0.5) is 39.5 Å². The van der Waals surface area contributed by atoms with Crippen molar-refractivity contribution in [2.24, 2.45) is 5.92 Å². The fourth-order valence-corrected chi connectivity index (χ4v) is 8.66. The van der Waals surface area contributed by atoms with E-state index in [1.807, 2.05) is 0 Å². The predicted octanol–water partition coefficient (Wildman–Crippen LogP) is 7.09. The fourth-order valence-electron chi connectivity index (χ4n) is 6.42. The molecule has 1 saturated heterocycles. The number of rotatable bonds is 8. The number of amides is 1. The number of alkyl halides is 6. The lowest BCUT2D eigenvalue weighted by Gasteiger charge is -2.48. The Kier molecular flexibility index (Phi) is 9.43. The van der Waals surface area contributed by atoms with Crippen LogP contribution in [0.25, 0.3) is 0 Å². The second-order valence-electron chi connectivity index (χ2n) is 12.6. The van der Waals surface area contributed by atoms with Gasteiger partial charge in [-0.1, -0.05) is 30.3 Å². The lowest BCUT2D eigenvalue weighted by Crippen LogP contribution is -2.56. The third kappa shape index (κ3) is 6.42. The van der Waals surface area contributed by atoms with Gasteiger partial charge >= 0.3 is 12.4 Å². The van der Waals surface area contributed by atoms with Crippen molar-refractivity contribution in [2.45, 2.75) is 72.4 Å². The Hall–Kier alpha value is -3.63. The lowest BCUT2D eigenvalue weighted by atomic mass is 9.69. The number of carbonyl (C=O) groups is 1. The van der Waals surface area contributed by atoms with Crippen molar-refractivity contribution in [3.05, 3.63) is 101 Å². The number of hydrogen-bond acceptors (Lipinski definition) is 5. The molecule has 1 aliphatic heterocycles. The van der Waals surface area contributed by atoms with Crippen molar-refractivity contribution in [3.63, 3.8) is 0 Å². The van der Waals surface area contributed by atoms with Crippen molar-refractivity contribution in [1.29, 1.82) is 0 Å². The van der Waals surface area contributed by atoms with Gasteiger partial charge in [0.05, 0.1) is 17.1 Å². The molecule has 0 radical (unpaired) electrons. The van der Waals surface area contributed by atoms with E-state index in [1.165, 1.54) is 4.90 Å². The van der Waals surface area contributed by atoms with Gasteiger partial charge in [-0.05, 0) is 74.6 Å². The average molecular weight is 724 g/mol. The maximum atomic E-state index is 14.5. The number of piperidine rings is 1. The average Bonchev–Trinajstić information content (AvgIpc) is 2.97. The highest BCUT2D eigenvalue weighted by atomic mass is 32.2. The Morgan fingerprint density at radius 1 is 0.857 bits per heavy atom. The van der Waals surface area contributed by atoms with Crippen molar-refractivity contribution < 1.29 is 62.6 Å². The normalized spacial score (nSPS) is 21.7. The maximum Gasteiger partial charge on any atom is 0.430 e. The summed E-state index contributed by atoms with van der Waals surface area (Å²) in [6.07, 6.45) is -12.7. The van der Waals surface area contributed by atoms with Crippen LogP contribution >= 0.6 is 0 Å². The van der Waals surface area contributed by atoms with Crippen LogP contribution in [-0.2, 0) is 36.3 Å². The Bertz CT molecular complexity index is 1760. The van der Waals surface area contributed by atoms with E-state index in [9.17, 15) is 57.8 Å². The molecule has 0 aromatic heterocycles. The molecule has 0 atom stereocenters. The van der Waals surface area contributed by atoms with Gasteiger partial charge < -0.3 is 14.7 Å². The summed E-state index contributed by atoms with van der Waals surface area (Å²) in [5.41, 5.74) is -9.06. The molecule has 0 spiro atoms. The summed E-state index contributed by atoms with van der Waals surface area (Å²) in [5, 5.41) is 10.2. The zero-order valence-corrected chi connectivity index (χ0v) is 26.5. The summed E-state index contributed by atoms with van der Waals surface area (Å²) in [6.45, 7) is 0.209.